The van der Waals surface area contributed by atoms with E-state index in [1.807, 2.05) is 17.0 Å². The number of benzene rings is 1. The first-order valence-electron chi connectivity index (χ1n) is 4.93. The van der Waals surface area contributed by atoms with E-state index in [0.29, 0.717) is 5.02 Å². The summed E-state index contributed by atoms with van der Waals surface area (Å²) in [4.78, 5) is 12.9. The monoisotopic (exact) mass is 225 g/mol. The van der Waals surface area contributed by atoms with E-state index in [1.54, 1.807) is 12.1 Å². The Balaban J connectivity index is 2.22. The average molecular weight is 226 g/mol. The zero-order valence-corrected chi connectivity index (χ0v) is 8.94. The van der Waals surface area contributed by atoms with Crippen molar-refractivity contribution in [1.82, 2.24) is 0 Å². The summed E-state index contributed by atoms with van der Waals surface area (Å²) in [6.07, 6.45) is 1.65. The summed E-state index contributed by atoms with van der Waals surface area (Å²) < 4.78 is 0. The van der Waals surface area contributed by atoms with E-state index in [-0.39, 0.29) is 6.04 Å². The number of aliphatic carboxylic acids is 1. The van der Waals surface area contributed by atoms with Crippen LogP contribution in [-0.4, -0.2) is 23.7 Å². The highest BCUT2D eigenvalue weighted by molar-refractivity contribution is 6.30. The molecule has 1 heterocycles. The molecular weight excluding hydrogens is 214 g/mol. The molecule has 4 heteroatoms. The maximum absolute atomic E-state index is 11.0. The molecule has 1 fully saturated rings. The maximum Gasteiger partial charge on any atom is 0.326 e. The Morgan fingerprint density at radius 1 is 1.40 bits per heavy atom. The molecule has 0 bridgehead atoms. The summed E-state index contributed by atoms with van der Waals surface area (Å²) >= 11 is 5.78. The summed E-state index contributed by atoms with van der Waals surface area (Å²) in [7, 11) is 0. The second kappa shape index (κ2) is 4.11. The van der Waals surface area contributed by atoms with Crippen molar-refractivity contribution in [2.24, 2.45) is 0 Å². The molecule has 1 N–H and O–H groups in total. The highest BCUT2D eigenvalue weighted by atomic mass is 35.5. The van der Waals surface area contributed by atoms with Crippen molar-refractivity contribution in [2.75, 3.05) is 11.4 Å². The molecule has 1 aromatic rings. The highest BCUT2D eigenvalue weighted by Gasteiger charge is 2.30. The average Bonchev–Trinajstić information content (AvgIpc) is 2.67. The van der Waals surface area contributed by atoms with Crippen LogP contribution in [0.25, 0.3) is 0 Å². The van der Waals surface area contributed by atoms with Gasteiger partial charge in [-0.15, -0.1) is 0 Å². The molecular formula is C11H12ClNO2. The van der Waals surface area contributed by atoms with Crippen LogP contribution >= 0.6 is 11.6 Å². The van der Waals surface area contributed by atoms with E-state index >= 15 is 0 Å². The molecule has 1 saturated heterocycles. The lowest BCUT2D eigenvalue weighted by Crippen LogP contribution is -2.35. The number of carboxylic acids is 1. The SMILES string of the molecule is O=C(O)C1CCCN1c1ccc(Cl)cc1. The Hall–Kier alpha value is -1.22. The van der Waals surface area contributed by atoms with E-state index < -0.39 is 5.97 Å². The summed E-state index contributed by atoms with van der Waals surface area (Å²) in [6, 6.07) is 6.92. The molecule has 1 unspecified atom stereocenters. The predicted octanol–water partition coefficient (Wildman–Crippen LogP) is 2.39. The van der Waals surface area contributed by atoms with E-state index in [2.05, 4.69) is 0 Å². The van der Waals surface area contributed by atoms with Crippen molar-refractivity contribution >= 4 is 23.3 Å². The van der Waals surface area contributed by atoms with Crippen molar-refractivity contribution in [3.05, 3.63) is 29.3 Å². The van der Waals surface area contributed by atoms with Crippen molar-refractivity contribution in [3.8, 4) is 0 Å². The molecule has 0 radical (unpaired) electrons. The van der Waals surface area contributed by atoms with Crippen LogP contribution in [0.2, 0.25) is 5.02 Å². The van der Waals surface area contributed by atoms with Crippen LogP contribution in [0.5, 0.6) is 0 Å². The third kappa shape index (κ3) is 2.07. The number of halogens is 1. The van der Waals surface area contributed by atoms with Gasteiger partial charge in [0.25, 0.3) is 0 Å². The van der Waals surface area contributed by atoms with E-state index in [1.165, 1.54) is 0 Å². The minimum absolute atomic E-state index is 0.383. The van der Waals surface area contributed by atoms with Crippen LogP contribution in [-0.2, 0) is 4.79 Å². The van der Waals surface area contributed by atoms with Crippen molar-refractivity contribution < 1.29 is 9.90 Å². The molecule has 15 heavy (non-hydrogen) atoms. The third-order valence-corrected chi connectivity index (χ3v) is 2.95. The fraction of sp³-hybridized carbons (Fsp3) is 0.364. The van der Waals surface area contributed by atoms with Gasteiger partial charge in [-0.3, -0.25) is 0 Å². The van der Waals surface area contributed by atoms with Crippen LogP contribution in [0.3, 0.4) is 0 Å². The molecule has 0 saturated carbocycles. The minimum atomic E-state index is -0.748. The first-order chi connectivity index (χ1) is 7.18. The van der Waals surface area contributed by atoms with Crippen LogP contribution in [0.4, 0.5) is 5.69 Å². The molecule has 1 atom stereocenters. The summed E-state index contributed by atoms with van der Waals surface area (Å²) in [5.74, 6) is -0.748. The van der Waals surface area contributed by atoms with Crippen LogP contribution in [0, 0.1) is 0 Å². The highest BCUT2D eigenvalue weighted by Crippen LogP contribution is 2.26. The lowest BCUT2D eigenvalue weighted by atomic mass is 10.2. The van der Waals surface area contributed by atoms with Gasteiger partial charge in [0.1, 0.15) is 6.04 Å². The van der Waals surface area contributed by atoms with E-state index in [0.717, 1.165) is 25.1 Å². The van der Waals surface area contributed by atoms with Gasteiger partial charge in [0.15, 0.2) is 0 Å². The molecule has 2 rings (SSSR count). The number of carboxylic acid groups (broad SMARTS) is 1. The lowest BCUT2D eigenvalue weighted by molar-refractivity contribution is -0.138. The molecule has 1 aliphatic rings. The van der Waals surface area contributed by atoms with E-state index in [4.69, 9.17) is 16.7 Å². The molecule has 3 nitrogen and oxygen atoms in total. The van der Waals surface area contributed by atoms with Crippen LogP contribution < -0.4 is 4.90 Å². The normalized spacial score (nSPS) is 20.6. The number of hydrogen-bond donors (Lipinski definition) is 1. The zero-order chi connectivity index (χ0) is 10.8. The summed E-state index contributed by atoms with van der Waals surface area (Å²) in [5.41, 5.74) is 0.935. The first-order valence-corrected chi connectivity index (χ1v) is 5.31. The number of hydrogen-bond acceptors (Lipinski definition) is 2. The Bertz CT molecular complexity index is 363. The molecule has 0 spiro atoms. The number of carbonyl (C=O) groups is 1. The van der Waals surface area contributed by atoms with Gasteiger partial charge in [0, 0.05) is 17.3 Å². The molecule has 1 aromatic carbocycles. The molecule has 0 aromatic heterocycles. The zero-order valence-electron chi connectivity index (χ0n) is 8.19. The smallest absolute Gasteiger partial charge is 0.326 e. The van der Waals surface area contributed by atoms with Gasteiger partial charge in [0.05, 0.1) is 0 Å². The van der Waals surface area contributed by atoms with Gasteiger partial charge in [-0.05, 0) is 37.1 Å². The number of nitrogens with zero attached hydrogens (tertiary/aromatic N) is 1. The minimum Gasteiger partial charge on any atom is -0.480 e. The molecule has 80 valence electrons. The second-order valence-corrected chi connectivity index (χ2v) is 4.10. The maximum atomic E-state index is 11.0. The van der Waals surface area contributed by atoms with Gasteiger partial charge >= 0.3 is 5.97 Å². The topological polar surface area (TPSA) is 40.5 Å². The largest absolute Gasteiger partial charge is 0.480 e. The fourth-order valence-corrected chi connectivity index (χ4v) is 2.09. The second-order valence-electron chi connectivity index (χ2n) is 3.67. The van der Waals surface area contributed by atoms with Crippen molar-refractivity contribution in [2.45, 2.75) is 18.9 Å². The standard InChI is InChI=1S/C11H12ClNO2/c12-8-3-5-9(6-4-8)13-7-1-2-10(13)11(14)15/h3-6,10H,1-2,7H2,(H,14,15). The number of rotatable bonds is 2. The molecule has 0 aliphatic carbocycles. The van der Waals surface area contributed by atoms with Crippen LogP contribution in [0.15, 0.2) is 24.3 Å². The quantitative estimate of drug-likeness (QED) is 0.840. The van der Waals surface area contributed by atoms with E-state index in [9.17, 15) is 4.79 Å². The first kappa shape index (κ1) is 10.3. The Kier molecular flexibility index (Phi) is 2.82. The molecule has 0 amide bonds. The van der Waals surface area contributed by atoms with Crippen LogP contribution in [0.1, 0.15) is 12.8 Å². The van der Waals surface area contributed by atoms with Gasteiger partial charge < -0.3 is 10.0 Å². The van der Waals surface area contributed by atoms with Gasteiger partial charge in [0.2, 0.25) is 0 Å². The lowest BCUT2D eigenvalue weighted by Gasteiger charge is -2.23. The fourth-order valence-electron chi connectivity index (χ4n) is 1.97. The van der Waals surface area contributed by atoms with Crippen molar-refractivity contribution in [1.29, 1.82) is 0 Å². The van der Waals surface area contributed by atoms with Gasteiger partial charge in [-0.2, -0.15) is 0 Å². The summed E-state index contributed by atoms with van der Waals surface area (Å²) in [5, 5.41) is 9.70. The Morgan fingerprint density at radius 2 is 2.07 bits per heavy atom. The Labute approximate surface area is 93.3 Å². The predicted molar refractivity (Wildman–Crippen MR) is 59.5 cm³/mol. The van der Waals surface area contributed by atoms with Crippen molar-refractivity contribution in [3.63, 3.8) is 0 Å². The molecule has 1 aliphatic heterocycles. The number of anilines is 1. The van der Waals surface area contributed by atoms with Gasteiger partial charge in [-0.1, -0.05) is 11.6 Å². The Morgan fingerprint density at radius 3 is 2.67 bits per heavy atom. The third-order valence-electron chi connectivity index (χ3n) is 2.70. The van der Waals surface area contributed by atoms with Gasteiger partial charge in [-0.25, -0.2) is 4.79 Å². The summed E-state index contributed by atoms with van der Waals surface area (Å²) in [6.45, 7) is 0.804.